The molecular formula is C41H23N3S2. The third-order valence-electron chi connectivity index (χ3n) is 9.59. The van der Waals surface area contributed by atoms with Crippen molar-refractivity contribution in [3.05, 3.63) is 138 Å². The highest BCUT2D eigenvalue weighted by molar-refractivity contribution is 7.27. The third-order valence-corrected chi connectivity index (χ3v) is 11.9. The van der Waals surface area contributed by atoms with E-state index in [2.05, 4.69) is 132 Å². The Morgan fingerprint density at radius 2 is 1.15 bits per heavy atom. The van der Waals surface area contributed by atoms with Gasteiger partial charge in [-0.1, -0.05) is 109 Å². The van der Waals surface area contributed by atoms with Crippen LogP contribution in [0.4, 0.5) is 0 Å². The molecule has 214 valence electrons. The standard InChI is InChI=1S/C41H23N3S2/c1-2-12-23(13-3-1)37-41(42-29-22-33-36(38(29)43-37)28-18-8-10-20-31(28)45-33)44-30-19-9-6-16-26(30)34-24-14-4-5-15-25(24)35-27-17-7-11-21-32(27)46-40(35)39(34)44/h1-21H,22H2. The zero-order valence-corrected chi connectivity index (χ0v) is 26.1. The van der Waals surface area contributed by atoms with E-state index < -0.39 is 0 Å². The first-order valence-corrected chi connectivity index (χ1v) is 17.2. The lowest BCUT2D eigenvalue weighted by Gasteiger charge is -2.15. The predicted octanol–water partition coefficient (Wildman–Crippen LogP) is 11.5. The highest BCUT2D eigenvalue weighted by Crippen LogP contribution is 2.50. The van der Waals surface area contributed by atoms with Gasteiger partial charge in [0.05, 0.1) is 27.1 Å². The minimum Gasteiger partial charge on any atom is -0.290 e. The van der Waals surface area contributed by atoms with Gasteiger partial charge < -0.3 is 0 Å². The van der Waals surface area contributed by atoms with Gasteiger partial charge in [-0.2, -0.15) is 0 Å². The monoisotopic (exact) mass is 621 g/mol. The highest BCUT2D eigenvalue weighted by Gasteiger charge is 2.30. The van der Waals surface area contributed by atoms with E-state index in [4.69, 9.17) is 9.97 Å². The molecule has 5 heteroatoms. The number of nitrogens with zero attached hydrogens (tertiary/aromatic N) is 3. The summed E-state index contributed by atoms with van der Waals surface area (Å²) in [5.41, 5.74) is 7.67. The van der Waals surface area contributed by atoms with Crippen molar-refractivity contribution in [2.24, 2.45) is 0 Å². The number of aromatic nitrogens is 3. The lowest BCUT2D eigenvalue weighted by molar-refractivity contribution is 1.00. The zero-order valence-electron chi connectivity index (χ0n) is 24.5. The molecule has 4 aromatic heterocycles. The van der Waals surface area contributed by atoms with Crippen LogP contribution in [0.2, 0.25) is 0 Å². The fourth-order valence-electron chi connectivity index (χ4n) is 7.71. The van der Waals surface area contributed by atoms with Gasteiger partial charge in [-0.25, -0.2) is 9.97 Å². The molecule has 0 fully saturated rings. The highest BCUT2D eigenvalue weighted by atomic mass is 32.1. The van der Waals surface area contributed by atoms with E-state index in [1.165, 1.54) is 67.8 Å². The van der Waals surface area contributed by atoms with Crippen LogP contribution in [0.3, 0.4) is 0 Å². The summed E-state index contributed by atoms with van der Waals surface area (Å²) in [4.78, 5) is 12.5. The van der Waals surface area contributed by atoms with Crippen LogP contribution in [0.5, 0.6) is 0 Å². The fourth-order valence-corrected chi connectivity index (χ4v) is 10.2. The summed E-state index contributed by atoms with van der Waals surface area (Å²) in [7, 11) is 0. The van der Waals surface area contributed by atoms with Crippen molar-refractivity contribution in [3.63, 3.8) is 0 Å². The molecule has 11 rings (SSSR count). The molecule has 46 heavy (non-hydrogen) atoms. The van der Waals surface area contributed by atoms with E-state index >= 15 is 0 Å². The summed E-state index contributed by atoms with van der Waals surface area (Å²) in [5.74, 6) is 0.893. The first kappa shape index (κ1) is 24.9. The van der Waals surface area contributed by atoms with Crippen LogP contribution < -0.4 is 0 Å². The minimum atomic E-state index is 0.803. The summed E-state index contributed by atoms with van der Waals surface area (Å²) in [6, 6.07) is 45.9. The summed E-state index contributed by atoms with van der Waals surface area (Å²) in [5, 5.41) is 8.97. The van der Waals surface area contributed by atoms with Crippen LogP contribution in [0.15, 0.2) is 127 Å². The molecule has 6 aromatic carbocycles. The van der Waals surface area contributed by atoms with Crippen LogP contribution in [-0.2, 0) is 6.42 Å². The van der Waals surface area contributed by atoms with Crippen molar-refractivity contribution in [1.29, 1.82) is 0 Å². The molecule has 1 aliphatic rings. The Morgan fingerprint density at radius 3 is 1.96 bits per heavy atom. The van der Waals surface area contributed by atoms with E-state index in [0.29, 0.717) is 0 Å². The van der Waals surface area contributed by atoms with Crippen molar-refractivity contribution in [2.45, 2.75) is 6.42 Å². The van der Waals surface area contributed by atoms with Crippen molar-refractivity contribution in [3.8, 4) is 28.3 Å². The van der Waals surface area contributed by atoms with Crippen LogP contribution >= 0.6 is 22.7 Å². The smallest absolute Gasteiger partial charge is 0.164 e. The third kappa shape index (κ3) is 3.21. The normalized spacial score (nSPS) is 12.7. The summed E-state index contributed by atoms with van der Waals surface area (Å²) < 4.78 is 6.32. The predicted molar refractivity (Wildman–Crippen MR) is 196 cm³/mol. The van der Waals surface area contributed by atoms with Gasteiger partial charge >= 0.3 is 0 Å². The van der Waals surface area contributed by atoms with Gasteiger partial charge in [0.25, 0.3) is 0 Å². The molecule has 10 aromatic rings. The molecule has 0 radical (unpaired) electrons. The molecule has 0 aliphatic heterocycles. The van der Waals surface area contributed by atoms with Crippen LogP contribution in [0, 0.1) is 0 Å². The van der Waals surface area contributed by atoms with Gasteiger partial charge in [-0.05, 0) is 29.0 Å². The van der Waals surface area contributed by atoms with Crippen molar-refractivity contribution < 1.29 is 0 Å². The Bertz CT molecular complexity index is 2890. The minimum absolute atomic E-state index is 0.803. The van der Waals surface area contributed by atoms with Crippen molar-refractivity contribution >= 4 is 85.5 Å². The largest absolute Gasteiger partial charge is 0.290 e. The van der Waals surface area contributed by atoms with E-state index in [1.54, 1.807) is 0 Å². The topological polar surface area (TPSA) is 30.7 Å². The Labute approximate surface area is 271 Å². The van der Waals surface area contributed by atoms with Gasteiger partial charge in [-0.15, -0.1) is 22.7 Å². The van der Waals surface area contributed by atoms with Crippen molar-refractivity contribution in [1.82, 2.24) is 14.5 Å². The molecule has 0 spiro atoms. The Morgan fingerprint density at radius 1 is 0.522 bits per heavy atom. The molecule has 0 saturated carbocycles. The number of benzene rings is 6. The van der Waals surface area contributed by atoms with Crippen LogP contribution in [0.25, 0.3) is 91.2 Å². The SMILES string of the molecule is c1ccc(-c2nc3c(nc2-n2c4ccccc4c4c5ccccc5c5c6ccccc6sc5c42)Cc2sc4ccccc4c2-3)cc1. The number of thiophene rings is 2. The number of fused-ring (bicyclic) bond motifs is 15. The molecule has 0 bridgehead atoms. The summed E-state index contributed by atoms with van der Waals surface area (Å²) in [6.45, 7) is 0. The molecule has 0 N–H and O–H groups in total. The molecule has 1 aliphatic carbocycles. The summed E-state index contributed by atoms with van der Waals surface area (Å²) >= 11 is 3.76. The maximum atomic E-state index is 5.62. The van der Waals surface area contributed by atoms with E-state index in [0.717, 1.165) is 40.4 Å². The average molecular weight is 622 g/mol. The number of hydrogen-bond donors (Lipinski definition) is 0. The molecule has 0 saturated heterocycles. The molecule has 0 amide bonds. The Hall–Kier alpha value is -5.36. The van der Waals surface area contributed by atoms with E-state index in [-0.39, 0.29) is 0 Å². The Balaban J connectivity index is 1.35. The number of para-hydroxylation sites is 1. The Kier molecular flexibility index (Phi) is 4.93. The molecule has 0 unspecified atom stereocenters. The first-order chi connectivity index (χ1) is 22.8. The maximum Gasteiger partial charge on any atom is 0.164 e. The summed E-state index contributed by atoms with van der Waals surface area (Å²) in [6.07, 6.45) is 0.803. The number of hydrogen-bond acceptors (Lipinski definition) is 4. The van der Waals surface area contributed by atoms with Crippen LogP contribution in [-0.4, -0.2) is 14.5 Å². The van der Waals surface area contributed by atoms with Gasteiger partial charge in [0.1, 0.15) is 5.69 Å². The van der Waals surface area contributed by atoms with Crippen molar-refractivity contribution in [2.75, 3.05) is 0 Å². The second kappa shape index (κ2) is 9.10. The van der Waals surface area contributed by atoms with E-state index in [1.807, 2.05) is 22.7 Å². The molecular weight excluding hydrogens is 599 g/mol. The lowest BCUT2D eigenvalue weighted by Crippen LogP contribution is -2.06. The maximum absolute atomic E-state index is 5.62. The second-order valence-electron chi connectivity index (χ2n) is 12.1. The lowest BCUT2D eigenvalue weighted by atomic mass is 9.99. The zero-order chi connectivity index (χ0) is 29.9. The molecule has 4 heterocycles. The quantitative estimate of drug-likeness (QED) is 0.192. The molecule has 0 atom stereocenters. The first-order valence-electron chi connectivity index (χ1n) is 15.6. The van der Waals surface area contributed by atoms with Crippen LogP contribution in [0.1, 0.15) is 10.6 Å². The van der Waals surface area contributed by atoms with Gasteiger partial charge in [0.2, 0.25) is 0 Å². The van der Waals surface area contributed by atoms with Gasteiger partial charge in [-0.3, -0.25) is 4.57 Å². The van der Waals surface area contributed by atoms with Gasteiger partial charge in [0.15, 0.2) is 5.82 Å². The fraction of sp³-hybridized carbons (Fsp3) is 0.0244. The van der Waals surface area contributed by atoms with Gasteiger partial charge in [0, 0.05) is 58.8 Å². The molecule has 3 nitrogen and oxygen atoms in total. The average Bonchev–Trinajstić information content (AvgIpc) is 3.85. The number of rotatable bonds is 2. The second-order valence-corrected chi connectivity index (χ2v) is 14.2. The van der Waals surface area contributed by atoms with E-state index in [9.17, 15) is 0 Å².